The van der Waals surface area contributed by atoms with Gasteiger partial charge in [-0.05, 0) is 18.6 Å². The number of hydrogen-bond donors (Lipinski definition) is 2. The molecule has 0 bridgehead atoms. The van der Waals surface area contributed by atoms with Gasteiger partial charge in [-0.15, -0.1) is 0 Å². The molecule has 1 aromatic carbocycles. The number of hydrogen-bond acceptors (Lipinski definition) is 5. The second-order valence-corrected chi connectivity index (χ2v) is 5.82. The molecule has 2 aromatic rings. The number of carbonyl (C=O) groups is 2. The Kier molecular flexibility index (Phi) is 5.45. The smallest absolute Gasteiger partial charge is 0.340 e. The zero-order chi connectivity index (χ0) is 17.6. The molecule has 25 heavy (non-hydrogen) atoms. The van der Waals surface area contributed by atoms with Crippen molar-refractivity contribution in [1.82, 2.24) is 10.2 Å². The molecule has 2 N–H and O–H groups in total. The first kappa shape index (κ1) is 17.2. The van der Waals surface area contributed by atoms with E-state index in [1.54, 1.807) is 24.3 Å². The standard InChI is InChI=1S/C18H21N3O4/c1-2-3-9-25-18(23)12-6-4-5-7-14(12)19-17(22)16-13-11-24-10-8-15(13)20-21-16/h4-7H,2-3,8-11H2,1H3,(H,19,22)(H,20,21). The van der Waals surface area contributed by atoms with Crippen LogP contribution in [0, 0.1) is 0 Å². The number of benzene rings is 1. The van der Waals surface area contributed by atoms with E-state index in [1.165, 1.54) is 0 Å². The van der Waals surface area contributed by atoms with Crippen molar-refractivity contribution in [1.29, 1.82) is 0 Å². The van der Waals surface area contributed by atoms with Gasteiger partial charge in [-0.25, -0.2) is 4.79 Å². The Labute approximate surface area is 145 Å². The van der Waals surface area contributed by atoms with Crippen LogP contribution in [0.25, 0.3) is 0 Å². The van der Waals surface area contributed by atoms with Crippen molar-refractivity contribution < 1.29 is 19.1 Å². The molecule has 1 aliphatic rings. The van der Waals surface area contributed by atoms with Gasteiger partial charge >= 0.3 is 5.97 Å². The summed E-state index contributed by atoms with van der Waals surface area (Å²) in [6.07, 6.45) is 2.45. The van der Waals surface area contributed by atoms with E-state index in [1.807, 2.05) is 6.92 Å². The predicted molar refractivity (Wildman–Crippen MR) is 91.5 cm³/mol. The van der Waals surface area contributed by atoms with Gasteiger partial charge in [-0.1, -0.05) is 25.5 Å². The molecule has 3 rings (SSSR count). The number of ether oxygens (including phenoxy) is 2. The summed E-state index contributed by atoms with van der Waals surface area (Å²) in [7, 11) is 0. The van der Waals surface area contributed by atoms with E-state index >= 15 is 0 Å². The maximum Gasteiger partial charge on any atom is 0.340 e. The van der Waals surface area contributed by atoms with Crippen LogP contribution in [-0.4, -0.2) is 35.3 Å². The zero-order valence-electron chi connectivity index (χ0n) is 14.1. The van der Waals surface area contributed by atoms with Crippen LogP contribution in [0.15, 0.2) is 24.3 Å². The maximum atomic E-state index is 12.6. The lowest BCUT2D eigenvalue weighted by atomic mass is 10.1. The summed E-state index contributed by atoms with van der Waals surface area (Å²) in [5.41, 5.74) is 2.72. The van der Waals surface area contributed by atoms with Gasteiger partial charge in [0.05, 0.1) is 31.1 Å². The Morgan fingerprint density at radius 3 is 3.04 bits per heavy atom. The van der Waals surface area contributed by atoms with Gasteiger partial charge in [0, 0.05) is 17.7 Å². The first-order chi connectivity index (χ1) is 12.2. The lowest BCUT2D eigenvalue weighted by molar-refractivity contribution is 0.0501. The summed E-state index contributed by atoms with van der Waals surface area (Å²) in [5, 5.41) is 9.73. The van der Waals surface area contributed by atoms with E-state index in [2.05, 4.69) is 15.5 Å². The van der Waals surface area contributed by atoms with Crippen LogP contribution in [-0.2, 0) is 22.5 Å². The van der Waals surface area contributed by atoms with Crippen molar-refractivity contribution in [2.45, 2.75) is 32.8 Å². The van der Waals surface area contributed by atoms with Gasteiger partial charge in [0.2, 0.25) is 0 Å². The summed E-state index contributed by atoms with van der Waals surface area (Å²) in [5.74, 6) is -0.825. The van der Waals surface area contributed by atoms with Crippen LogP contribution in [0.3, 0.4) is 0 Å². The van der Waals surface area contributed by atoms with Crippen molar-refractivity contribution in [3.8, 4) is 0 Å². The van der Waals surface area contributed by atoms with Crippen LogP contribution >= 0.6 is 0 Å². The molecule has 0 unspecified atom stereocenters. The molecule has 1 aliphatic heterocycles. The van der Waals surface area contributed by atoms with Crippen LogP contribution in [0.5, 0.6) is 0 Å². The number of unbranched alkanes of at least 4 members (excludes halogenated alkanes) is 1. The van der Waals surface area contributed by atoms with Gasteiger partial charge in [0.15, 0.2) is 5.69 Å². The number of para-hydroxylation sites is 1. The Morgan fingerprint density at radius 2 is 2.20 bits per heavy atom. The number of anilines is 1. The van der Waals surface area contributed by atoms with Crippen LogP contribution in [0.1, 0.15) is 51.9 Å². The number of carbonyl (C=O) groups excluding carboxylic acids is 2. The van der Waals surface area contributed by atoms with E-state index in [0.717, 1.165) is 24.1 Å². The Balaban J connectivity index is 1.75. The van der Waals surface area contributed by atoms with Crippen molar-refractivity contribution in [3.63, 3.8) is 0 Å². The molecule has 0 atom stereocenters. The molecule has 2 heterocycles. The number of aromatic amines is 1. The number of aromatic nitrogens is 2. The number of nitrogens with one attached hydrogen (secondary N) is 2. The minimum absolute atomic E-state index is 0.295. The molecule has 0 spiro atoms. The summed E-state index contributed by atoms with van der Waals surface area (Å²) in [4.78, 5) is 24.8. The van der Waals surface area contributed by atoms with Crippen molar-refractivity contribution in [3.05, 3.63) is 46.8 Å². The molecule has 7 heteroatoms. The minimum Gasteiger partial charge on any atom is -0.462 e. The highest BCUT2D eigenvalue weighted by Gasteiger charge is 2.23. The Bertz CT molecular complexity index is 769. The highest BCUT2D eigenvalue weighted by atomic mass is 16.5. The summed E-state index contributed by atoms with van der Waals surface area (Å²) in [6.45, 7) is 3.36. The second kappa shape index (κ2) is 7.94. The maximum absolute atomic E-state index is 12.6. The summed E-state index contributed by atoms with van der Waals surface area (Å²) < 4.78 is 10.6. The first-order valence-corrected chi connectivity index (χ1v) is 8.42. The SMILES string of the molecule is CCCCOC(=O)c1ccccc1NC(=O)c1n[nH]c2c1COCC2. The lowest BCUT2D eigenvalue weighted by Gasteiger charge is -2.13. The van der Waals surface area contributed by atoms with Crippen LogP contribution in [0.4, 0.5) is 5.69 Å². The number of rotatable bonds is 6. The number of esters is 1. The van der Waals surface area contributed by atoms with E-state index in [-0.39, 0.29) is 5.91 Å². The van der Waals surface area contributed by atoms with Crippen molar-refractivity contribution in [2.75, 3.05) is 18.5 Å². The van der Waals surface area contributed by atoms with Crippen molar-refractivity contribution >= 4 is 17.6 Å². The highest BCUT2D eigenvalue weighted by molar-refractivity contribution is 6.07. The molecular weight excluding hydrogens is 322 g/mol. The molecule has 0 radical (unpaired) electrons. The molecule has 0 saturated carbocycles. The topological polar surface area (TPSA) is 93.3 Å². The quantitative estimate of drug-likeness (QED) is 0.621. The molecule has 0 fully saturated rings. The lowest BCUT2D eigenvalue weighted by Crippen LogP contribution is -2.19. The number of H-pyrrole nitrogens is 1. The monoisotopic (exact) mass is 343 g/mol. The van der Waals surface area contributed by atoms with Gasteiger partial charge in [0.1, 0.15) is 0 Å². The third-order valence-corrected chi connectivity index (χ3v) is 4.04. The normalized spacial score (nSPS) is 13.2. The summed E-state index contributed by atoms with van der Waals surface area (Å²) >= 11 is 0. The van der Waals surface area contributed by atoms with E-state index in [0.29, 0.717) is 43.2 Å². The highest BCUT2D eigenvalue weighted by Crippen LogP contribution is 2.21. The largest absolute Gasteiger partial charge is 0.462 e. The molecule has 0 saturated heterocycles. The molecule has 7 nitrogen and oxygen atoms in total. The van der Waals surface area contributed by atoms with E-state index < -0.39 is 5.97 Å². The van der Waals surface area contributed by atoms with Gasteiger partial charge in [0.25, 0.3) is 5.91 Å². The Morgan fingerprint density at radius 1 is 1.36 bits per heavy atom. The van der Waals surface area contributed by atoms with E-state index in [9.17, 15) is 9.59 Å². The second-order valence-electron chi connectivity index (χ2n) is 5.82. The molecular formula is C18H21N3O4. The molecule has 0 aliphatic carbocycles. The minimum atomic E-state index is -0.447. The fraction of sp³-hybridized carbons (Fsp3) is 0.389. The fourth-order valence-electron chi connectivity index (χ4n) is 2.64. The number of amides is 1. The van der Waals surface area contributed by atoms with Gasteiger partial charge < -0.3 is 14.8 Å². The van der Waals surface area contributed by atoms with Gasteiger partial charge in [-0.2, -0.15) is 5.10 Å². The van der Waals surface area contributed by atoms with Crippen LogP contribution < -0.4 is 5.32 Å². The number of nitrogens with zero attached hydrogens (tertiary/aromatic N) is 1. The first-order valence-electron chi connectivity index (χ1n) is 8.42. The number of fused-ring (bicyclic) bond motifs is 1. The molecule has 132 valence electrons. The van der Waals surface area contributed by atoms with Gasteiger partial charge in [-0.3, -0.25) is 9.89 Å². The predicted octanol–water partition coefficient (Wildman–Crippen LogP) is 2.69. The third-order valence-electron chi connectivity index (χ3n) is 4.04. The molecule has 1 amide bonds. The van der Waals surface area contributed by atoms with E-state index in [4.69, 9.17) is 9.47 Å². The average molecular weight is 343 g/mol. The average Bonchev–Trinajstić information content (AvgIpc) is 3.06. The Hall–Kier alpha value is -2.67. The van der Waals surface area contributed by atoms with Crippen LogP contribution in [0.2, 0.25) is 0 Å². The van der Waals surface area contributed by atoms with Crippen molar-refractivity contribution in [2.24, 2.45) is 0 Å². The fourth-order valence-corrected chi connectivity index (χ4v) is 2.64. The third kappa shape index (κ3) is 3.88. The zero-order valence-corrected chi connectivity index (χ0v) is 14.1. The molecule has 1 aromatic heterocycles. The summed E-state index contributed by atoms with van der Waals surface area (Å²) in [6, 6.07) is 6.79.